The van der Waals surface area contributed by atoms with Crippen LogP contribution in [0.4, 0.5) is 13.2 Å². The summed E-state index contributed by atoms with van der Waals surface area (Å²) in [5.41, 5.74) is 1.73. The maximum absolute atomic E-state index is 12.5. The third-order valence-electron chi connectivity index (χ3n) is 4.66. The van der Waals surface area contributed by atoms with Crippen LogP contribution in [-0.4, -0.2) is 66.6 Å². The number of aromatic nitrogens is 2. The summed E-state index contributed by atoms with van der Waals surface area (Å²) in [6.07, 6.45) is -1.67. The van der Waals surface area contributed by atoms with E-state index in [0.717, 1.165) is 17.1 Å². The maximum Gasteiger partial charge on any atom is 0.401 e. The van der Waals surface area contributed by atoms with Crippen molar-refractivity contribution >= 4 is 29.9 Å². The number of methoxy groups -OCH3 is 1. The van der Waals surface area contributed by atoms with E-state index < -0.39 is 12.7 Å². The lowest BCUT2D eigenvalue weighted by Gasteiger charge is -2.19. The summed E-state index contributed by atoms with van der Waals surface area (Å²) in [4.78, 5) is 5.56. The summed E-state index contributed by atoms with van der Waals surface area (Å²) in [5.74, 6) is 1.32. The molecule has 1 aromatic heterocycles. The highest BCUT2D eigenvalue weighted by Gasteiger charge is 2.34. The smallest absolute Gasteiger partial charge is 0.401 e. The largest absolute Gasteiger partial charge is 0.497 e. The molecule has 7 nitrogen and oxygen atoms in total. The molecule has 0 amide bonds. The van der Waals surface area contributed by atoms with Crippen molar-refractivity contribution in [1.82, 2.24) is 25.3 Å². The standard InChI is InChI=1S/C19H25F3N6O.HI/c1-23-18(25-15-7-9-27(12-15)13-19(20,21)22)24-11-14-8-10-28(26-14)16-3-5-17(29-2)6-4-16;/h3-6,8,10,15H,7,9,11-13H2,1-2H3,(H2,23,24,25);1H. The normalized spacial score (nSPS) is 17.5. The van der Waals surface area contributed by atoms with Crippen molar-refractivity contribution in [2.75, 3.05) is 33.8 Å². The van der Waals surface area contributed by atoms with Crippen LogP contribution < -0.4 is 15.4 Å². The van der Waals surface area contributed by atoms with Crippen LogP contribution in [0.3, 0.4) is 0 Å². The van der Waals surface area contributed by atoms with Gasteiger partial charge in [0.25, 0.3) is 0 Å². The van der Waals surface area contributed by atoms with Gasteiger partial charge in [-0.15, -0.1) is 24.0 Å². The predicted octanol–water partition coefficient (Wildman–Crippen LogP) is 2.80. The number of rotatable bonds is 6. The highest BCUT2D eigenvalue weighted by molar-refractivity contribution is 14.0. The molecule has 0 saturated carbocycles. The Hall–Kier alpha value is -2.02. The van der Waals surface area contributed by atoms with Gasteiger partial charge >= 0.3 is 6.18 Å². The molecule has 2 heterocycles. The van der Waals surface area contributed by atoms with E-state index in [1.807, 2.05) is 36.5 Å². The van der Waals surface area contributed by atoms with Crippen molar-refractivity contribution in [2.45, 2.75) is 25.2 Å². The second kappa shape index (κ2) is 10.8. The summed E-state index contributed by atoms with van der Waals surface area (Å²) in [7, 11) is 3.25. The maximum atomic E-state index is 12.5. The van der Waals surface area contributed by atoms with Gasteiger partial charge in [-0.05, 0) is 36.8 Å². The molecule has 166 valence electrons. The highest BCUT2D eigenvalue weighted by Crippen LogP contribution is 2.20. The number of likely N-dealkylation sites (tertiary alicyclic amines) is 1. The van der Waals surface area contributed by atoms with Gasteiger partial charge in [0.2, 0.25) is 0 Å². The Balaban J connectivity index is 0.00000320. The quantitative estimate of drug-likeness (QED) is 0.337. The molecule has 0 aliphatic carbocycles. The number of nitrogens with one attached hydrogen (secondary N) is 2. The number of hydrogen-bond acceptors (Lipinski definition) is 4. The Labute approximate surface area is 190 Å². The lowest BCUT2D eigenvalue weighted by atomic mass is 10.3. The van der Waals surface area contributed by atoms with Gasteiger partial charge in [0, 0.05) is 32.4 Å². The molecule has 2 N–H and O–H groups in total. The average molecular weight is 538 g/mol. The zero-order chi connectivity index (χ0) is 20.9. The molecule has 1 atom stereocenters. The summed E-state index contributed by atoms with van der Waals surface area (Å²) < 4.78 is 44.5. The number of halogens is 4. The lowest BCUT2D eigenvalue weighted by Crippen LogP contribution is -2.45. The summed E-state index contributed by atoms with van der Waals surface area (Å²) in [6, 6.07) is 9.38. The van der Waals surface area contributed by atoms with Crippen LogP contribution in [0.2, 0.25) is 0 Å². The molecular weight excluding hydrogens is 512 g/mol. The Morgan fingerprint density at radius 1 is 1.27 bits per heavy atom. The fraction of sp³-hybridized carbons (Fsp3) is 0.474. The average Bonchev–Trinajstić information content (AvgIpc) is 3.33. The first-order valence-electron chi connectivity index (χ1n) is 9.31. The minimum Gasteiger partial charge on any atom is -0.497 e. The van der Waals surface area contributed by atoms with Crippen LogP contribution in [0.1, 0.15) is 12.1 Å². The van der Waals surface area contributed by atoms with E-state index in [0.29, 0.717) is 32.0 Å². The van der Waals surface area contributed by atoms with Crippen LogP contribution in [0, 0.1) is 0 Å². The molecule has 11 heteroatoms. The van der Waals surface area contributed by atoms with E-state index >= 15 is 0 Å². The van der Waals surface area contributed by atoms with Gasteiger partial charge < -0.3 is 15.4 Å². The third-order valence-corrected chi connectivity index (χ3v) is 4.66. The summed E-state index contributed by atoms with van der Waals surface area (Å²) >= 11 is 0. The first-order valence-corrected chi connectivity index (χ1v) is 9.31. The first-order chi connectivity index (χ1) is 13.9. The van der Waals surface area contributed by atoms with Crippen molar-refractivity contribution in [1.29, 1.82) is 0 Å². The zero-order valence-electron chi connectivity index (χ0n) is 16.8. The summed E-state index contributed by atoms with van der Waals surface area (Å²) in [5, 5.41) is 10.9. The second-order valence-corrected chi connectivity index (χ2v) is 6.86. The third kappa shape index (κ3) is 7.04. The molecule has 1 saturated heterocycles. The van der Waals surface area contributed by atoms with Crippen LogP contribution in [0.15, 0.2) is 41.5 Å². The minimum absolute atomic E-state index is 0. The Morgan fingerprint density at radius 2 is 2.00 bits per heavy atom. The molecule has 1 aliphatic rings. The SMILES string of the molecule is CN=C(NCc1ccn(-c2ccc(OC)cc2)n1)NC1CCN(CC(F)(F)F)C1.I. The number of nitrogens with zero attached hydrogens (tertiary/aromatic N) is 4. The van der Waals surface area contributed by atoms with Crippen molar-refractivity contribution in [3.05, 3.63) is 42.2 Å². The molecule has 1 unspecified atom stereocenters. The Morgan fingerprint density at radius 3 is 2.63 bits per heavy atom. The monoisotopic (exact) mass is 538 g/mol. The molecule has 0 spiro atoms. The Bertz CT molecular complexity index is 824. The molecule has 3 rings (SSSR count). The van der Waals surface area contributed by atoms with Crippen LogP contribution in [0.25, 0.3) is 5.69 Å². The molecule has 0 radical (unpaired) electrons. The lowest BCUT2D eigenvalue weighted by molar-refractivity contribution is -0.143. The van der Waals surface area contributed by atoms with Crippen molar-refractivity contribution < 1.29 is 17.9 Å². The van der Waals surface area contributed by atoms with Gasteiger partial charge in [-0.1, -0.05) is 0 Å². The van der Waals surface area contributed by atoms with E-state index in [-0.39, 0.29) is 30.0 Å². The van der Waals surface area contributed by atoms with Crippen LogP contribution in [0.5, 0.6) is 5.75 Å². The van der Waals surface area contributed by atoms with E-state index in [1.54, 1.807) is 18.8 Å². The predicted molar refractivity (Wildman–Crippen MR) is 120 cm³/mol. The van der Waals surface area contributed by atoms with Crippen molar-refractivity contribution in [2.24, 2.45) is 4.99 Å². The number of guanidine groups is 1. The zero-order valence-corrected chi connectivity index (χ0v) is 19.1. The fourth-order valence-corrected chi connectivity index (χ4v) is 3.24. The van der Waals surface area contributed by atoms with Crippen LogP contribution >= 0.6 is 24.0 Å². The van der Waals surface area contributed by atoms with Crippen molar-refractivity contribution in [3.8, 4) is 11.4 Å². The molecule has 1 aliphatic heterocycles. The molecule has 0 bridgehead atoms. The number of hydrogen-bond donors (Lipinski definition) is 2. The fourth-order valence-electron chi connectivity index (χ4n) is 3.24. The summed E-state index contributed by atoms with van der Waals surface area (Å²) in [6.45, 7) is 0.328. The molecular formula is C19H26F3IN6O. The van der Waals surface area contributed by atoms with E-state index in [2.05, 4.69) is 20.7 Å². The highest BCUT2D eigenvalue weighted by atomic mass is 127. The van der Waals surface area contributed by atoms with E-state index in [1.165, 1.54) is 4.90 Å². The van der Waals surface area contributed by atoms with Crippen molar-refractivity contribution in [3.63, 3.8) is 0 Å². The molecule has 1 aromatic carbocycles. The molecule has 2 aromatic rings. The molecule has 30 heavy (non-hydrogen) atoms. The van der Waals surface area contributed by atoms with Gasteiger partial charge in [-0.3, -0.25) is 9.89 Å². The minimum atomic E-state index is -4.17. The van der Waals surface area contributed by atoms with Crippen LogP contribution in [-0.2, 0) is 6.54 Å². The van der Waals surface area contributed by atoms with Gasteiger partial charge in [0.1, 0.15) is 5.75 Å². The van der Waals surface area contributed by atoms with Gasteiger partial charge in [0.15, 0.2) is 5.96 Å². The number of ether oxygens (including phenoxy) is 1. The number of aliphatic imine (C=N–C) groups is 1. The number of alkyl halides is 3. The first kappa shape index (κ1) is 24.3. The van der Waals surface area contributed by atoms with Gasteiger partial charge in [0.05, 0.1) is 31.6 Å². The topological polar surface area (TPSA) is 66.7 Å². The Kier molecular flexibility index (Phi) is 8.77. The number of benzene rings is 1. The van der Waals surface area contributed by atoms with E-state index in [9.17, 15) is 13.2 Å². The van der Waals surface area contributed by atoms with Gasteiger partial charge in [-0.25, -0.2) is 4.68 Å². The second-order valence-electron chi connectivity index (χ2n) is 6.86. The molecule has 1 fully saturated rings. The van der Waals surface area contributed by atoms with E-state index in [4.69, 9.17) is 4.74 Å². The van der Waals surface area contributed by atoms with Gasteiger partial charge in [-0.2, -0.15) is 18.3 Å².